The van der Waals surface area contributed by atoms with E-state index in [2.05, 4.69) is 5.32 Å². The molecule has 0 aromatic heterocycles. The molecule has 112 valence electrons. The summed E-state index contributed by atoms with van der Waals surface area (Å²) in [5.74, 6) is -0.415. The molecule has 0 spiro atoms. The highest BCUT2D eigenvalue weighted by atomic mass is 16.2. The van der Waals surface area contributed by atoms with Crippen molar-refractivity contribution in [3.8, 4) is 0 Å². The van der Waals surface area contributed by atoms with Crippen molar-refractivity contribution < 1.29 is 9.59 Å². The number of carbonyl (C=O) groups is 2. The third kappa shape index (κ3) is 2.78. The van der Waals surface area contributed by atoms with E-state index in [0.29, 0.717) is 13.0 Å². The quantitative estimate of drug-likeness (QED) is 0.835. The number of rotatable bonds is 2. The molecule has 0 saturated carbocycles. The predicted octanol–water partition coefficient (Wildman–Crippen LogP) is 0.567. The van der Waals surface area contributed by atoms with Crippen molar-refractivity contribution in [2.24, 2.45) is 5.73 Å². The number of hydrogen-bond acceptors (Lipinski definition) is 3. The van der Waals surface area contributed by atoms with Crippen molar-refractivity contribution in [2.45, 2.75) is 44.3 Å². The van der Waals surface area contributed by atoms with Crippen LogP contribution in [0.25, 0.3) is 0 Å². The maximum atomic E-state index is 12.7. The summed E-state index contributed by atoms with van der Waals surface area (Å²) >= 11 is 0. The fourth-order valence-electron chi connectivity index (χ4n) is 3.27. The fraction of sp³-hybridized carbons (Fsp3) is 0.500. The SMILES string of the molecule is NC(=O)[C@@H]1Cc2ccccc2CN1C(=O)C1CCCCN1. The van der Waals surface area contributed by atoms with Crippen molar-refractivity contribution in [3.05, 3.63) is 35.4 Å². The second-order valence-electron chi connectivity index (χ2n) is 5.86. The Hall–Kier alpha value is -1.88. The lowest BCUT2D eigenvalue weighted by Crippen LogP contribution is -2.57. The second kappa shape index (κ2) is 5.85. The molecule has 0 bridgehead atoms. The van der Waals surface area contributed by atoms with E-state index in [9.17, 15) is 9.59 Å². The summed E-state index contributed by atoms with van der Waals surface area (Å²) in [4.78, 5) is 26.2. The zero-order chi connectivity index (χ0) is 14.8. The Morgan fingerprint density at radius 3 is 2.62 bits per heavy atom. The zero-order valence-electron chi connectivity index (χ0n) is 12.0. The molecule has 1 fully saturated rings. The minimum atomic E-state index is -0.531. The minimum absolute atomic E-state index is 0.00741. The van der Waals surface area contributed by atoms with Crippen molar-refractivity contribution in [2.75, 3.05) is 6.54 Å². The summed E-state index contributed by atoms with van der Waals surface area (Å²) in [6.07, 6.45) is 3.51. The Kier molecular flexibility index (Phi) is 3.92. The molecule has 1 aromatic rings. The van der Waals surface area contributed by atoms with Gasteiger partial charge in [0.05, 0.1) is 6.04 Å². The van der Waals surface area contributed by atoms with Crippen molar-refractivity contribution >= 4 is 11.8 Å². The van der Waals surface area contributed by atoms with Crippen LogP contribution in [0.5, 0.6) is 0 Å². The number of carbonyl (C=O) groups excluding carboxylic acids is 2. The van der Waals surface area contributed by atoms with E-state index in [1.54, 1.807) is 4.90 Å². The highest BCUT2D eigenvalue weighted by Crippen LogP contribution is 2.25. The Bertz CT molecular complexity index is 552. The van der Waals surface area contributed by atoms with Crippen LogP contribution in [0.1, 0.15) is 30.4 Å². The Labute approximate surface area is 124 Å². The van der Waals surface area contributed by atoms with Crippen molar-refractivity contribution in [1.82, 2.24) is 10.2 Å². The molecule has 5 heteroatoms. The lowest BCUT2D eigenvalue weighted by molar-refractivity contribution is -0.142. The van der Waals surface area contributed by atoms with Crippen LogP contribution in [0.15, 0.2) is 24.3 Å². The van der Waals surface area contributed by atoms with Crippen LogP contribution >= 0.6 is 0 Å². The number of nitrogens with two attached hydrogens (primary N) is 1. The van der Waals surface area contributed by atoms with Gasteiger partial charge >= 0.3 is 0 Å². The van der Waals surface area contributed by atoms with Gasteiger partial charge in [-0.3, -0.25) is 9.59 Å². The van der Waals surface area contributed by atoms with E-state index in [4.69, 9.17) is 5.73 Å². The van der Waals surface area contributed by atoms with E-state index in [0.717, 1.165) is 36.9 Å². The normalized spacial score (nSPS) is 25.2. The predicted molar refractivity (Wildman–Crippen MR) is 79.3 cm³/mol. The smallest absolute Gasteiger partial charge is 0.240 e. The number of primary amides is 1. The average Bonchev–Trinajstić information content (AvgIpc) is 2.53. The Morgan fingerprint density at radius 2 is 1.95 bits per heavy atom. The van der Waals surface area contributed by atoms with E-state index in [1.165, 1.54) is 0 Å². The van der Waals surface area contributed by atoms with Crippen LogP contribution in [0.4, 0.5) is 0 Å². The molecule has 2 aliphatic rings. The molecule has 1 saturated heterocycles. The molecule has 2 atom stereocenters. The van der Waals surface area contributed by atoms with E-state index in [-0.39, 0.29) is 11.9 Å². The van der Waals surface area contributed by atoms with Crippen molar-refractivity contribution in [1.29, 1.82) is 0 Å². The van der Waals surface area contributed by atoms with Gasteiger partial charge in [-0.15, -0.1) is 0 Å². The van der Waals surface area contributed by atoms with Gasteiger partial charge in [-0.2, -0.15) is 0 Å². The highest BCUT2D eigenvalue weighted by molar-refractivity contribution is 5.89. The first-order valence-corrected chi connectivity index (χ1v) is 7.57. The standard InChI is InChI=1S/C16H21N3O2/c17-15(20)14-9-11-5-1-2-6-12(11)10-19(14)16(21)13-7-3-4-8-18-13/h1-2,5-6,13-14,18H,3-4,7-10H2,(H2,17,20)/t13?,14-/m0/s1. The van der Waals surface area contributed by atoms with Crippen LogP contribution in [0.2, 0.25) is 0 Å². The molecule has 5 nitrogen and oxygen atoms in total. The van der Waals surface area contributed by atoms with Gasteiger partial charge in [-0.1, -0.05) is 30.7 Å². The number of amides is 2. The van der Waals surface area contributed by atoms with Gasteiger partial charge in [-0.05, 0) is 30.5 Å². The molecule has 2 heterocycles. The van der Waals surface area contributed by atoms with Crippen molar-refractivity contribution in [3.63, 3.8) is 0 Å². The lowest BCUT2D eigenvalue weighted by Gasteiger charge is -2.38. The van der Waals surface area contributed by atoms with Gasteiger partial charge in [0.2, 0.25) is 11.8 Å². The van der Waals surface area contributed by atoms with E-state index < -0.39 is 11.9 Å². The average molecular weight is 287 g/mol. The van der Waals surface area contributed by atoms with Gasteiger partial charge in [0, 0.05) is 13.0 Å². The highest BCUT2D eigenvalue weighted by Gasteiger charge is 2.36. The third-order valence-electron chi connectivity index (χ3n) is 4.47. The molecule has 2 aliphatic heterocycles. The molecule has 1 unspecified atom stereocenters. The molecule has 3 rings (SSSR count). The second-order valence-corrected chi connectivity index (χ2v) is 5.86. The van der Waals surface area contributed by atoms with Gasteiger partial charge in [0.15, 0.2) is 0 Å². The summed E-state index contributed by atoms with van der Waals surface area (Å²) in [6.45, 7) is 1.34. The molecule has 21 heavy (non-hydrogen) atoms. The molecule has 2 amide bonds. The van der Waals surface area contributed by atoms with Crippen LogP contribution in [-0.2, 0) is 22.6 Å². The first kappa shape index (κ1) is 14.1. The van der Waals surface area contributed by atoms with Crippen LogP contribution in [-0.4, -0.2) is 35.3 Å². The largest absolute Gasteiger partial charge is 0.368 e. The summed E-state index contributed by atoms with van der Waals surface area (Å²) in [7, 11) is 0. The zero-order valence-corrected chi connectivity index (χ0v) is 12.0. The maximum absolute atomic E-state index is 12.7. The molecule has 0 radical (unpaired) electrons. The summed E-state index contributed by atoms with van der Waals surface area (Å²) < 4.78 is 0. The molecule has 0 aliphatic carbocycles. The van der Waals surface area contributed by atoms with Gasteiger partial charge in [0.25, 0.3) is 0 Å². The first-order valence-electron chi connectivity index (χ1n) is 7.57. The minimum Gasteiger partial charge on any atom is -0.368 e. The van der Waals surface area contributed by atoms with E-state index >= 15 is 0 Å². The summed E-state index contributed by atoms with van der Waals surface area (Å²) in [5.41, 5.74) is 7.75. The third-order valence-corrected chi connectivity index (χ3v) is 4.47. The van der Waals surface area contributed by atoms with Gasteiger partial charge in [0.1, 0.15) is 6.04 Å². The summed E-state index contributed by atoms with van der Waals surface area (Å²) in [5, 5.41) is 3.26. The van der Waals surface area contributed by atoms with E-state index in [1.807, 2.05) is 24.3 Å². The Morgan fingerprint density at radius 1 is 1.19 bits per heavy atom. The van der Waals surface area contributed by atoms with Gasteiger partial charge < -0.3 is 16.0 Å². The number of hydrogen-bond donors (Lipinski definition) is 2. The number of benzene rings is 1. The van der Waals surface area contributed by atoms with Gasteiger partial charge in [-0.25, -0.2) is 0 Å². The number of nitrogens with zero attached hydrogens (tertiary/aromatic N) is 1. The number of nitrogens with one attached hydrogen (secondary N) is 1. The number of fused-ring (bicyclic) bond motifs is 1. The summed E-state index contributed by atoms with van der Waals surface area (Å²) in [6, 6.07) is 7.23. The van der Waals surface area contributed by atoms with Crippen LogP contribution < -0.4 is 11.1 Å². The Balaban J connectivity index is 1.85. The molecular weight excluding hydrogens is 266 g/mol. The fourth-order valence-corrected chi connectivity index (χ4v) is 3.27. The molecule has 3 N–H and O–H groups in total. The van der Waals surface area contributed by atoms with Crippen LogP contribution in [0, 0.1) is 0 Å². The monoisotopic (exact) mass is 287 g/mol. The lowest BCUT2D eigenvalue weighted by atomic mass is 9.92. The first-order chi connectivity index (χ1) is 10.2. The van der Waals surface area contributed by atoms with Crippen LogP contribution in [0.3, 0.4) is 0 Å². The molecular formula is C16H21N3O2. The maximum Gasteiger partial charge on any atom is 0.240 e. The number of piperidine rings is 1. The molecule has 1 aromatic carbocycles. The topological polar surface area (TPSA) is 75.4 Å².